The fraction of sp³-hybridized carbons (Fsp3) is 0.333. The molecular formula is C15H16ClN5. The van der Waals surface area contributed by atoms with E-state index in [-0.39, 0.29) is 0 Å². The van der Waals surface area contributed by atoms with Crippen molar-refractivity contribution in [3.63, 3.8) is 0 Å². The number of alkyl halides is 1. The highest BCUT2D eigenvalue weighted by Gasteiger charge is 2.12. The first-order valence-electron chi connectivity index (χ1n) is 6.83. The molecule has 0 saturated heterocycles. The van der Waals surface area contributed by atoms with E-state index < -0.39 is 0 Å². The Hall–Kier alpha value is -2.01. The number of halogens is 1. The lowest BCUT2D eigenvalue weighted by Gasteiger charge is -2.07. The SMILES string of the molecule is Cc1cnc2c(c1)nc(CCCl)n2Cc1ccnc(C)n1. The molecule has 0 aliphatic heterocycles. The van der Waals surface area contributed by atoms with Gasteiger partial charge in [-0.3, -0.25) is 0 Å². The molecule has 0 unspecified atom stereocenters. The van der Waals surface area contributed by atoms with Crippen molar-refractivity contribution in [1.82, 2.24) is 24.5 Å². The van der Waals surface area contributed by atoms with Crippen molar-refractivity contribution >= 4 is 22.8 Å². The van der Waals surface area contributed by atoms with Gasteiger partial charge in [-0.15, -0.1) is 11.6 Å². The van der Waals surface area contributed by atoms with Gasteiger partial charge in [0.2, 0.25) is 0 Å². The molecule has 108 valence electrons. The molecule has 0 aliphatic rings. The first kappa shape index (κ1) is 13.9. The minimum absolute atomic E-state index is 0.533. The van der Waals surface area contributed by atoms with Crippen LogP contribution < -0.4 is 0 Å². The number of fused-ring (bicyclic) bond motifs is 1. The first-order valence-corrected chi connectivity index (χ1v) is 7.37. The van der Waals surface area contributed by atoms with Crippen LogP contribution in [-0.4, -0.2) is 30.4 Å². The van der Waals surface area contributed by atoms with Crippen molar-refractivity contribution in [1.29, 1.82) is 0 Å². The molecule has 6 heteroatoms. The summed E-state index contributed by atoms with van der Waals surface area (Å²) in [6.07, 6.45) is 4.34. The Morgan fingerprint density at radius 3 is 2.81 bits per heavy atom. The first-order chi connectivity index (χ1) is 10.2. The second kappa shape index (κ2) is 5.77. The van der Waals surface area contributed by atoms with Gasteiger partial charge in [0.1, 0.15) is 17.2 Å². The van der Waals surface area contributed by atoms with Gasteiger partial charge in [-0.25, -0.2) is 19.9 Å². The Kier molecular flexibility index (Phi) is 3.84. The number of hydrogen-bond acceptors (Lipinski definition) is 4. The molecule has 0 amide bonds. The van der Waals surface area contributed by atoms with Crippen molar-refractivity contribution in [3.8, 4) is 0 Å². The third kappa shape index (κ3) is 2.88. The molecule has 21 heavy (non-hydrogen) atoms. The van der Waals surface area contributed by atoms with Gasteiger partial charge in [0.05, 0.1) is 12.2 Å². The van der Waals surface area contributed by atoms with E-state index in [1.165, 1.54) is 0 Å². The molecule has 5 nitrogen and oxygen atoms in total. The van der Waals surface area contributed by atoms with Crippen LogP contribution in [0.2, 0.25) is 0 Å². The van der Waals surface area contributed by atoms with E-state index in [4.69, 9.17) is 11.6 Å². The molecule has 3 aromatic heterocycles. The van der Waals surface area contributed by atoms with Crippen molar-refractivity contribution in [3.05, 3.63) is 47.4 Å². The van der Waals surface area contributed by atoms with Crippen LogP contribution in [0.1, 0.15) is 22.9 Å². The fourth-order valence-corrected chi connectivity index (χ4v) is 2.52. The number of rotatable bonds is 4. The number of pyridine rings is 1. The normalized spacial score (nSPS) is 11.2. The second-order valence-electron chi connectivity index (χ2n) is 5.00. The monoisotopic (exact) mass is 301 g/mol. The summed E-state index contributed by atoms with van der Waals surface area (Å²) >= 11 is 5.90. The maximum atomic E-state index is 5.90. The predicted molar refractivity (Wildman–Crippen MR) is 82.6 cm³/mol. The maximum absolute atomic E-state index is 5.90. The highest BCUT2D eigenvalue weighted by atomic mass is 35.5. The Labute approximate surface area is 128 Å². The molecule has 0 atom stereocenters. The highest BCUT2D eigenvalue weighted by Crippen LogP contribution is 2.17. The molecule has 3 rings (SSSR count). The zero-order valence-corrected chi connectivity index (χ0v) is 12.8. The summed E-state index contributed by atoms with van der Waals surface area (Å²) in [6, 6.07) is 3.96. The van der Waals surface area contributed by atoms with E-state index in [2.05, 4.69) is 24.5 Å². The standard InChI is InChI=1S/C15H16ClN5/c1-10-7-13-15(18-8-10)21(14(20-13)3-5-16)9-12-4-6-17-11(2)19-12/h4,6-8H,3,5,9H2,1-2H3. The van der Waals surface area contributed by atoms with Crippen LogP contribution in [0, 0.1) is 13.8 Å². The third-order valence-corrected chi connectivity index (χ3v) is 3.46. The Balaban J connectivity index is 2.08. The highest BCUT2D eigenvalue weighted by molar-refractivity contribution is 6.17. The predicted octanol–water partition coefficient (Wildman–Crippen LogP) is 2.67. The van der Waals surface area contributed by atoms with E-state index in [0.29, 0.717) is 18.8 Å². The van der Waals surface area contributed by atoms with Crippen LogP contribution in [0.15, 0.2) is 24.5 Å². The van der Waals surface area contributed by atoms with Crippen molar-refractivity contribution in [2.75, 3.05) is 5.88 Å². The Morgan fingerprint density at radius 2 is 2.05 bits per heavy atom. The van der Waals surface area contributed by atoms with E-state index in [1.807, 2.05) is 32.2 Å². The van der Waals surface area contributed by atoms with E-state index >= 15 is 0 Å². The number of imidazole rings is 1. The minimum atomic E-state index is 0.533. The summed E-state index contributed by atoms with van der Waals surface area (Å²) in [6.45, 7) is 4.53. The molecule has 0 spiro atoms. The number of aromatic nitrogens is 5. The Morgan fingerprint density at radius 1 is 1.19 bits per heavy atom. The van der Waals surface area contributed by atoms with Gasteiger partial charge in [0.25, 0.3) is 0 Å². The topological polar surface area (TPSA) is 56.5 Å². The molecule has 3 aromatic rings. The zero-order chi connectivity index (χ0) is 14.8. The summed E-state index contributed by atoms with van der Waals surface area (Å²) in [4.78, 5) is 17.8. The lowest BCUT2D eigenvalue weighted by molar-refractivity contribution is 0.724. The fourth-order valence-electron chi connectivity index (χ4n) is 2.36. The van der Waals surface area contributed by atoms with Crippen LogP contribution in [0.5, 0.6) is 0 Å². The quantitative estimate of drug-likeness (QED) is 0.695. The smallest absolute Gasteiger partial charge is 0.160 e. The van der Waals surface area contributed by atoms with Crippen LogP contribution in [0.3, 0.4) is 0 Å². The van der Waals surface area contributed by atoms with Crippen molar-refractivity contribution in [2.45, 2.75) is 26.8 Å². The van der Waals surface area contributed by atoms with Gasteiger partial charge < -0.3 is 4.57 Å². The van der Waals surface area contributed by atoms with Gasteiger partial charge in [0.15, 0.2) is 5.65 Å². The number of nitrogens with zero attached hydrogens (tertiary/aromatic N) is 5. The van der Waals surface area contributed by atoms with Crippen LogP contribution >= 0.6 is 11.6 Å². The van der Waals surface area contributed by atoms with E-state index in [9.17, 15) is 0 Å². The van der Waals surface area contributed by atoms with E-state index in [1.54, 1.807) is 6.20 Å². The van der Waals surface area contributed by atoms with Crippen molar-refractivity contribution in [2.24, 2.45) is 0 Å². The van der Waals surface area contributed by atoms with Gasteiger partial charge >= 0.3 is 0 Å². The summed E-state index contributed by atoms with van der Waals surface area (Å²) in [5, 5.41) is 0. The lowest BCUT2D eigenvalue weighted by atomic mass is 10.3. The lowest BCUT2D eigenvalue weighted by Crippen LogP contribution is -2.08. The molecule has 0 aromatic carbocycles. The van der Waals surface area contributed by atoms with Gasteiger partial charge in [-0.2, -0.15) is 0 Å². The minimum Gasteiger partial charge on any atom is -0.307 e. The zero-order valence-electron chi connectivity index (χ0n) is 12.0. The molecule has 0 saturated carbocycles. The number of hydrogen-bond donors (Lipinski definition) is 0. The van der Waals surface area contributed by atoms with Gasteiger partial charge in [-0.1, -0.05) is 0 Å². The maximum Gasteiger partial charge on any atom is 0.160 e. The summed E-state index contributed by atoms with van der Waals surface area (Å²) in [5.74, 6) is 2.24. The largest absolute Gasteiger partial charge is 0.307 e. The van der Waals surface area contributed by atoms with Gasteiger partial charge in [-0.05, 0) is 31.5 Å². The average Bonchev–Trinajstić information content (AvgIpc) is 2.76. The van der Waals surface area contributed by atoms with Crippen LogP contribution in [0.4, 0.5) is 0 Å². The van der Waals surface area contributed by atoms with E-state index in [0.717, 1.165) is 34.1 Å². The second-order valence-corrected chi connectivity index (χ2v) is 5.38. The van der Waals surface area contributed by atoms with Crippen molar-refractivity contribution < 1.29 is 0 Å². The summed E-state index contributed by atoms with van der Waals surface area (Å²) in [5.41, 5.74) is 3.82. The van der Waals surface area contributed by atoms with Crippen LogP contribution in [0.25, 0.3) is 11.2 Å². The summed E-state index contributed by atoms with van der Waals surface area (Å²) in [7, 11) is 0. The molecule has 0 radical (unpaired) electrons. The van der Waals surface area contributed by atoms with Crippen LogP contribution in [-0.2, 0) is 13.0 Å². The summed E-state index contributed by atoms with van der Waals surface area (Å²) < 4.78 is 2.08. The molecule has 0 bridgehead atoms. The molecular weight excluding hydrogens is 286 g/mol. The Bertz CT molecular complexity index is 781. The third-order valence-electron chi connectivity index (χ3n) is 3.27. The molecule has 0 aliphatic carbocycles. The molecule has 0 fully saturated rings. The molecule has 0 N–H and O–H groups in total. The van der Waals surface area contributed by atoms with Gasteiger partial charge in [0, 0.05) is 24.7 Å². The average molecular weight is 302 g/mol. The number of aryl methyl sites for hydroxylation is 3. The molecule has 3 heterocycles.